The lowest BCUT2D eigenvalue weighted by Crippen LogP contribution is -2.10. The summed E-state index contributed by atoms with van der Waals surface area (Å²) in [4.78, 5) is 13.0. The Morgan fingerprint density at radius 2 is 1.93 bits per heavy atom. The number of nitrogens with zero attached hydrogens (tertiary/aromatic N) is 3. The van der Waals surface area contributed by atoms with Crippen LogP contribution in [0.2, 0.25) is 10.0 Å². The second kappa shape index (κ2) is 7.75. The molecule has 1 fully saturated rings. The smallest absolute Gasteiger partial charge is 0.184 e. The quantitative estimate of drug-likeness (QED) is 0.272. The largest absolute Gasteiger partial charge is 0.292 e. The van der Waals surface area contributed by atoms with Crippen molar-refractivity contribution < 1.29 is 4.79 Å². The molecule has 2 aromatic carbocycles. The molecule has 0 unspecified atom stereocenters. The molecule has 1 heterocycles. The van der Waals surface area contributed by atoms with Crippen LogP contribution in [0.3, 0.4) is 0 Å². The van der Waals surface area contributed by atoms with Gasteiger partial charge in [0.2, 0.25) is 0 Å². The van der Waals surface area contributed by atoms with Gasteiger partial charge in [0.1, 0.15) is 5.69 Å². The molecule has 0 aliphatic heterocycles. The maximum Gasteiger partial charge on any atom is 0.184 e. The van der Waals surface area contributed by atoms with E-state index in [-0.39, 0.29) is 12.2 Å². The van der Waals surface area contributed by atoms with Crippen molar-refractivity contribution >= 4 is 51.6 Å². The van der Waals surface area contributed by atoms with Crippen LogP contribution in [0.15, 0.2) is 42.5 Å². The Morgan fingerprint density at radius 1 is 1.24 bits per heavy atom. The summed E-state index contributed by atoms with van der Waals surface area (Å²) >= 11 is 14.8. The zero-order valence-electron chi connectivity index (χ0n) is 15.5. The molecule has 0 bridgehead atoms. The van der Waals surface area contributed by atoms with E-state index in [1.54, 1.807) is 22.9 Å². The zero-order chi connectivity index (χ0) is 20.8. The van der Waals surface area contributed by atoms with Gasteiger partial charge < -0.3 is 0 Å². The van der Waals surface area contributed by atoms with Crippen LogP contribution in [0.5, 0.6) is 0 Å². The highest BCUT2D eigenvalue weighted by atomic mass is 127. The number of rotatable bonds is 5. The maximum absolute atomic E-state index is 13.0. The highest BCUT2D eigenvalue weighted by Gasteiger charge is 2.45. The van der Waals surface area contributed by atoms with Crippen molar-refractivity contribution in [2.24, 2.45) is 5.41 Å². The van der Waals surface area contributed by atoms with E-state index in [4.69, 9.17) is 23.2 Å². The zero-order valence-corrected chi connectivity index (χ0v) is 19.2. The Labute approximate surface area is 192 Å². The van der Waals surface area contributed by atoms with Crippen molar-refractivity contribution in [3.05, 3.63) is 67.3 Å². The molecule has 0 atom stereocenters. The van der Waals surface area contributed by atoms with Gasteiger partial charge in [0.15, 0.2) is 5.78 Å². The van der Waals surface area contributed by atoms with E-state index in [1.165, 1.54) is 0 Å². The van der Waals surface area contributed by atoms with Crippen LogP contribution in [-0.2, 0) is 0 Å². The van der Waals surface area contributed by atoms with Gasteiger partial charge in [0.05, 0.1) is 27.9 Å². The first-order valence-corrected chi connectivity index (χ1v) is 10.9. The molecule has 0 N–H and O–H groups in total. The van der Waals surface area contributed by atoms with Crippen molar-refractivity contribution in [3.63, 3.8) is 0 Å². The third kappa shape index (κ3) is 3.94. The van der Waals surface area contributed by atoms with Gasteiger partial charge in [-0.3, -0.25) is 4.79 Å². The van der Waals surface area contributed by atoms with Gasteiger partial charge in [-0.25, -0.2) is 4.68 Å². The Bertz CT molecular complexity index is 1160. The van der Waals surface area contributed by atoms with E-state index >= 15 is 0 Å². The van der Waals surface area contributed by atoms with Gasteiger partial charge in [0, 0.05) is 26.1 Å². The molecule has 29 heavy (non-hydrogen) atoms. The number of aromatic nitrogens is 2. The predicted molar refractivity (Wildman–Crippen MR) is 123 cm³/mol. The first-order valence-electron chi connectivity index (χ1n) is 9.09. The Kier molecular flexibility index (Phi) is 5.45. The number of nitriles is 1. The van der Waals surface area contributed by atoms with Gasteiger partial charge in [-0.1, -0.05) is 35.3 Å². The summed E-state index contributed by atoms with van der Waals surface area (Å²) in [6.45, 7) is 1.89. The molecule has 4 nitrogen and oxygen atoms in total. The highest BCUT2D eigenvalue weighted by molar-refractivity contribution is 14.1. The van der Waals surface area contributed by atoms with Crippen LogP contribution >= 0.6 is 45.8 Å². The van der Waals surface area contributed by atoms with E-state index in [9.17, 15) is 10.1 Å². The summed E-state index contributed by atoms with van der Waals surface area (Å²) in [7, 11) is 0. The Morgan fingerprint density at radius 3 is 2.52 bits per heavy atom. The third-order valence-electron chi connectivity index (χ3n) is 5.23. The fraction of sp³-hybridized carbons (Fsp3) is 0.227. The molecule has 4 rings (SSSR count). The molecule has 1 aliphatic carbocycles. The molecular weight excluding hydrogens is 520 g/mol. The minimum Gasteiger partial charge on any atom is -0.292 e. The molecule has 3 aromatic rings. The molecule has 7 heteroatoms. The molecule has 0 radical (unpaired) electrons. The first-order chi connectivity index (χ1) is 13.8. The average Bonchev–Trinajstić information content (AvgIpc) is 3.38. The Balaban J connectivity index is 1.87. The number of Topliss-reactive ketones (excluding diaryl/α,β-unsaturated/α-hetero) is 1. The standard InChI is InChI=1S/C22H16Cl2IN3O/c1-13-20(19(29)11-22(12-26)8-9-22)27-28(18-7-4-15(23)10-17(18)24)21(13)14-2-5-16(25)6-3-14/h2-7,10H,8-9,11H2,1H3. The second-order valence-electron chi connectivity index (χ2n) is 7.33. The molecule has 1 aliphatic rings. The maximum atomic E-state index is 13.0. The summed E-state index contributed by atoms with van der Waals surface area (Å²) in [5, 5.41) is 15.0. The summed E-state index contributed by atoms with van der Waals surface area (Å²) in [5.74, 6) is -0.114. The van der Waals surface area contributed by atoms with Crippen LogP contribution in [0, 0.1) is 27.2 Å². The number of carbonyl (C=O) groups excluding carboxylic acids is 1. The van der Waals surface area contributed by atoms with Crippen molar-refractivity contribution in [1.82, 2.24) is 9.78 Å². The van der Waals surface area contributed by atoms with Gasteiger partial charge in [0.25, 0.3) is 0 Å². The van der Waals surface area contributed by atoms with Crippen molar-refractivity contribution in [1.29, 1.82) is 5.26 Å². The lowest BCUT2D eigenvalue weighted by molar-refractivity contribution is 0.0960. The van der Waals surface area contributed by atoms with Crippen LogP contribution in [-0.4, -0.2) is 15.6 Å². The van der Waals surface area contributed by atoms with Crippen molar-refractivity contribution in [2.75, 3.05) is 0 Å². The fourth-order valence-electron chi connectivity index (χ4n) is 3.40. The lowest BCUT2D eigenvalue weighted by Gasteiger charge is -2.11. The number of ketones is 1. The van der Waals surface area contributed by atoms with E-state index in [0.29, 0.717) is 21.4 Å². The lowest BCUT2D eigenvalue weighted by atomic mass is 9.97. The number of halogens is 3. The normalized spacial score (nSPS) is 14.4. The van der Waals surface area contributed by atoms with Crippen LogP contribution < -0.4 is 0 Å². The van der Waals surface area contributed by atoms with E-state index < -0.39 is 5.41 Å². The van der Waals surface area contributed by atoms with Crippen LogP contribution in [0.25, 0.3) is 16.9 Å². The predicted octanol–water partition coefficient (Wildman–Crippen LogP) is 6.64. The molecular formula is C22H16Cl2IN3O. The molecule has 0 spiro atoms. The number of hydrogen-bond acceptors (Lipinski definition) is 3. The summed E-state index contributed by atoms with van der Waals surface area (Å²) in [5.41, 5.74) is 3.02. The van der Waals surface area contributed by atoms with Gasteiger partial charge in [-0.2, -0.15) is 10.4 Å². The Hall–Kier alpha value is -1.88. The van der Waals surface area contributed by atoms with E-state index in [0.717, 1.165) is 33.2 Å². The van der Waals surface area contributed by atoms with Gasteiger partial charge >= 0.3 is 0 Å². The molecule has 0 saturated heterocycles. The third-order valence-corrected chi connectivity index (χ3v) is 6.49. The fourth-order valence-corrected chi connectivity index (χ4v) is 4.25. The SMILES string of the molecule is Cc1c(C(=O)CC2(C#N)CC2)nn(-c2ccc(Cl)cc2Cl)c1-c1ccc(I)cc1. The minimum absolute atomic E-state index is 0.114. The summed E-state index contributed by atoms with van der Waals surface area (Å²) in [6.07, 6.45) is 1.73. The number of hydrogen-bond donors (Lipinski definition) is 0. The monoisotopic (exact) mass is 535 g/mol. The average molecular weight is 536 g/mol. The number of carbonyl (C=O) groups is 1. The second-order valence-corrected chi connectivity index (χ2v) is 9.42. The molecule has 0 amide bonds. The van der Waals surface area contributed by atoms with E-state index in [2.05, 4.69) is 33.8 Å². The summed E-state index contributed by atoms with van der Waals surface area (Å²) < 4.78 is 2.82. The van der Waals surface area contributed by atoms with Gasteiger partial charge in [-0.05, 0) is 72.7 Å². The van der Waals surface area contributed by atoms with Crippen molar-refractivity contribution in [3.8, 4) is 23.0 Å². The molecule has 1 aromatic heterocycles. The topological polar surface area (TPSA) is 58.7 Å². The molecule has 146 valence electrons. The first kappa shape index (κ1) is 20.4. The minimum atomic E-state index is -0.520. The van der Waals surface area contributed by atoms with Crippen LogP contribution in [0.1, 0.15) is 35.3 Å². The molecule has 1 saturated carbocycles. The van der Waals surface area contributed by atoms with Crippen molar-refractivity contribution in [2.45, 2.75) is 26.2 Å². The van der Waals surface area contributed by atoms with Gasteiger partial charge in [-0.15, -0.1) is 0 Å². The van der Waals surface area contributed by atoms with Crippen LogP contribution in [0.4, 0.5) is 0 Å². The number of benzene rings is 2. The van der Waals surface area contributed by atoms with E-state index in [1.807, 2.05) is 31.2 Å². The highest BCUT2D eigenvalue weighted by Crippen LogP contribution is 2.49. The summed E-state index contributed by atoms with van der Waals surface area (Å²) in [6, 6.07) is 15.5.